The minimum Gasteiger partial charge on any atom is -0.352 e. The van der Waals surface area contributed by atoms with Gasteiger partial charge in [-0.05, 0) is 43.0 Å². The van der Waals surface area contributed by atoms with Gasteiger partial charge in [-0.15, -0.1) is 0 Å². The number of hydrogen-bond donors (Lipinski definition) is 1. The van der Waals surface area contributed by atoms with E-state index in [0.29, 0.717) is 31.0 Å². The number of halogens is 1. The second kappa shape index (κ2) is 7.73. The zero-order valence-electron chi connectivity index (χ0n) is 13.8. The molecule has 122 valence electrons. The molecule has 0 spiro atoms. The molecule has 1 aromatic carbocycles. The predicted molar refractivity (Wildman–Crippen MR) is 86.8 cm³/mol. The molecule has 4 heteroatoms. The van der Waals surface area contributed by atoms with Crippen molar-refractivity contribution in [3.05, 3.63) is 35.6 Å². The number of nitrogens with zero attached hydrogens (tertiary/aromatic N) is 1. The maximum atomic E-state index is 12.9. The maximum Gasteiger partial charge on any atom is 0.234 e. The second-order valence-electron chi connectivity index (χ2n) is 6.74. The number of nitrogens with one attached hydrogen (secondary N) is 1. The number of rotatable bonds is 5. The standard InChI is InChI=1S/C18H27FN2O/c1-13-5-4-6-17(14(13)2)20-18(22)12-21(3)11-15-7-9-16(19)10-8-15/h7-10,13-14,17H,4-6,11-12H2,1-3H3,(H,20,22)/t13-,14-,17-/m1/s1. The van der Waals surface area contributed by atoms with Crippen molar-refractivity contribution in [1.29, 1.82) is 0 Å². The van der Waals surface area contributed by atoms with Crippen LogP contribution in [0, 0.1) is 17.7 Å². The first-order chi connectivity index (χ1) is 10.5. The summed E-state index contributed by atoms with van der Waals surface area (Å²) in [5.74, 6) is 1.07. The summed E-state index contributed by atoms with van der Waals surface area (Å²) in [5, 5.41) is 3.18. The Labute approximate surface area is 132 Å². The van der Waals surface area contributed by atoms with Crippen molar-refractivity contribution in [2.45, 2.75) is 45.7 Å². The van der Waals surface area contributed by atoms with Crippen LogP contribution in [0.25, 0.3) is 0 Å². The molecule has 1 amide bonds. The van der Waals surface area contributed by atoms with Crippen LogP contribution < -0.4 is 5.32 Å². The molecule has 1 N–H and O–H groups in total. The van der Waals surface area contributed by atoms with E-state index in [1.165, 1.54) is 25.0 Å². The van der Waals surface area contributed by atoms with Crippen LogP contribution in [0.4, 0.5) is 4.39 Å². The van der Waals surface area contributed by atoms with E-state index in [1.54, 1.807) is 12.1 Å². The van der Waals surface area contributed by atoms with Gasteiger partial charge in [0.25, 0.3) is 0 Å². The quantitative estimate of drug-likeness (QED) is 0.906. The number of amides is 1. The summed E-state index contributed by atoms with van der Waals surface area (Å²) in [6.45, 7) is 5.51. The summed E-state index contributed by atoms with van der Waals surface area (Å²) in [6.07, 6.45) is 3.54. The Morgan fingerprint density at radius 2 is 1.95 bits per heavy atom. The molecular weight excluding hydrogens is 279 g/mol. The van der Waals surface area contributed by atoms with Gasteiger partial charge in [-0.3, -0.25) is 9.69 Å². The normalized spacial score (nSPS) is 25.2. The smallest absolute Gasteiger partial charge is 0.234 e. The lowest BCUT2D eigenvalue weighted by Gasteiger charge is -2.35. The lowest BCUT2D eigenvalue weighted by atomic mass is 9.78. The van der Waals surface area contributed by atoms with Crippen LogP contribution in [0.3, 0.4) is 0 Å². The van der Waals surface area contributed by atoms with Gasteiger partial charge in [-0.2, -0.15) is 0 Å². The first kappa shape index (κ1) is 16.9. The molecule has 0 heterocycles. The summed E-state index contributed by atoms with van der Waals surface area (Å²) in [5.41, 5.74) is 1.01. The second-order valence-corrected chi connectivity index (χ2v) is 6.74. The third-order valence-electron chi connectivity index (χ3n) is 4.83. The molecular formula is C18H27FN2O. The minimum absolute atomic E-state index is 0.0792. The fourth-order valence-corrected chi connectivity index (χ4v) is 3.24. The average molecular weight is 306 g/mol. The summed E-state index contributed by atoms with van der Waals surface area (Å²) in [6, 6.07) is 6.72. The third-order valence-corrected chi connectivity index (χ3v) is 4.83. The summed E-state index contributed by atoms with van der Waals surface area (Å²) >= 11 is 0. The first-order valence-electron chi connectivity index (χ1n) is 8.18. The van der Waals surface area contributed by atoms with Crippen molar-refractivity contribution in [3.8, 4) is 0 Å². The molecule has 1 aromatic rings. The van der Waals surface area contributed by atoms with Crippen LogP contribution in [0.1, 0.15) is 38.7 Å². The van der Waals surface area contributed by atoms with Gasteiger partial charge in [0.1, 0.15) is 5.82 Å². The lowest BCUT2D eigenvalue weighted by molar-refractivity contribution is -0.123. The Kier molecular flexibility index (Phi) is 5.95. The van der Waals surface area contributed by atoms with E-state index in [-0.39, 0.29) is 11.7 Å². The molecule has 1 aliphatic rings. The van der Waals surface area contributed by atoms with Gasteiger partial charge in [0, 0.05) is 12.6 Å². The molecule has 22 heavy (non-hydrogen) atoms. The SMILES string of the molecule is C[C@@H]1[C@H](C)CCC[C@H]1NC(=O)CN(C)Cc1ccc(F)cc1. The Balaban J connectivity index is 1.79. The molecule has 1 aliphatic carbocycles. The topological polar surface area (TPSA) is 32.3 Å². The Bertz CT molecular complexity index is 488. The van der Waals surface area contributed by atoms with Crippen molar-refractivity contribution in [1.82, 2.24) is 10.2 Å². The van der Waals surface area contributed by atoms with E-state index in [9.17, 15) is 9.18 Å². The van der Waals surface area contributed by atoms with Gasteiger partial charge in [0.15, 0.2) is 0 Å². The zero-order chi connectivity index (χ0) is 16.1. The lowest BCUT2D eigenvalue weighted by Crippen LogP contribution is -2.46. The van der Waals surface area contributed by atoms with Crippen LogP contribution in [0.2, 0.25) is 0 Å². The molecule has 0 radical (unpaired) electrons. The summed E-state index contributed by atoms with van der Waals surface area (Å²) in [7, 11) is 1.91. The highest BCUT2D eigenvalue weighted by molar-refractivity contribution is 5.78. The van der Waals surface area contributed by atoms with Crippen LogP contribution in [0.5, 0.6) is 0 Å². The van der Waals surface area contributed by atoms with Gasteiger partial charge in [0.05, 0.1) is 6.54 Å². The van der Waals surface area contributed by atoms with E-state index in [1.807, 2.05) is 11.9 Å². The Hall–Kier alpha value is -1.42. The highest BCUT2D eigenvalue weighted by atomic mass is 19.1. The summed E-state index contributed by atoms with van der Waals surface area (Å²) < 4.78 is 12.9. The van der Waals surface area contributed by atoms with Crippen LogP contribution in [-0.2, 0) is 11.3 Å². The van der Waals surface area contributed by atoms with Crippen molar-refractivity contribution in [2.24, 2.45) is 11.8 Å². The van der Waals surface area contributed by atoms with E-state index in [0.717, 1.165) is 12.0 Å². The van der Waals surface area contributed by atoms with Crippen LogP contribution in [-0.4, -0.2) is 30.4 Å². The van der Waals surface area contributed by atoms with E-state index in [2.05, 4.69) is 19.2 Å². The fourth-order valence-electron chi connectivity index (χ4n) is 3.24. The zero-order valence-corrected chi connectivity index (χ0v) is 13.8. The molecule has 1 fully saturated rings. The van der Waals surface area contributed by atoms with Gasteiger partial charge < -0.3 is 5.32 Å². The van der Waals surface area contributed by atoms with Crippen molar-refractivity contribution in [3.63, 3.8) is 0 Å². The molecule has 0 unspecified atom stereocenters. The Morgan fingerprint density at radius 3 is 2.64 bits per heavy atom. The average Bonchev–Trinajstić information content (AvgIpc) is 2.46. The Morgan fingerprint density at radius 1 is 1.27 bits per heavy atom. The molecule has 0 aromatic heterocycles. The van der Waals surface area contributed by atoms with Gasteiger partial charge in [-0.25, -0.2) is 4.39 Å². The molecule has 1 saturated carbocycles. The largest absolute Gasteiger partial charge is 0.352 e. The number of hydrogen-bond acceptors (Lipinski definition) is 2. The molecule has 3 atom stereocenters. The monoisotopic (exact) mass is 306 g/mol. The van der Waals surface area contributed by atoms with Crippen molar-refractivity contribution >= 4 is 5.91 Å². The van der Waals surface area contributed by atoms with E-state index < -0.39 is 0 Å². The predicted octanol–water partition coefficient (Wildman–Crippen LogP) is 3.20. The van der Waals surface area contributed by atoms with Crippen LogP contribution in [0.15, 0.2) is 24.3 Å². The number of likely N-dealkylation sites (N-methyl/N-ethyl adjacent to an activating group) is 1. The molecule has 0 saturated heterocycles. The molecule has 0 bridgehead atoms. The molecule has 3 nitrogen and oxygen atoms in total. The number of carbonyl (C=O) groups excluding carboxylic acids is 1. The van der Waals surface area contributed by atoms with E-state index >= 15 is 0 Å². The van der Waals surface area contributed by atoms with Crippen molar-refractivity contribution < 1.29 is 9.18 Å². The number of benzene rings is 1. The first-order valence-corrected chi connectivity index (χ1v) is 8.18. The van der Waals surface area contributed by atoms with Gasteiger partial charge >= 0.3 is 0 Å². The highest BCUT2D eigenvalue weighted by Gasteiger charge is 2.28. The number of carbonyl (C=O) groups is 1. The molecule has 0 aliphatic heterocycles. The maximum absolute atomic E-state index is 12.9. The third kappa shape index (κ3) is 4.80. The van der Waals surface area contributed by atoms with Gasteiger partial charge in [0.2, 0.25) is 5.91 Å². The van der Waals surface area contributed by atoms with Crippen molar-refractivity contribution in [2.75, 3.05) is 13.6 Å². The van der Waals surface area contributed by atoms with Crippen LogP contribution >= 0.6 is 0 Å². The fraction of sp³-hybridized carbons (Fsp3) is 0.611. The summed E-state index contributed by atoms with van der Waals surface area (Å²) in [4.78, 5) is 14.2. The van der Waals surface area contributed by atoms with E-state index in [4.69, 9.17) is 0 Å². The van der Waals surface area contributed by atoms with Gasteiger partial charge in [-0.1, -0.05) is 38.8 Å². The highest BCUT2D eigenvalue weighted by Crippen LogP contribution is 2.29. The molecule has 2 rings (SSSR count). The minimum atomic E-state index is -0.232.